The number of aryl methyl sites for hydroxylation is 1. The molecule has 1 saturated carbocycles. The molecule has 3 heteroatoms. The fraction of sp³-hybridized carbons (Fsp3) is 0.533. The number of carboxylic acid groups (broad SMARTS) is 1. The molecule has 1 fully saturated rings. The maximum absolute atomic E-state index is 10.9. The van der Waals surface area contributed by atoms with E-state index in [1.54, 1.807) is 12.1 Å². The second kappa shape index (κ2) is 5.01. The van der Waals surface area contributed by atoms with Crippen molar-refractivity contribution in [3.05, 3.63) is 29.3 Å². The number of nitrogens with zero attached hydrogens (tertiary/aromatic N) is 1. The lowest BCUT2D eigenvalue weighted by atomic mass is 10.1. The lowest BCUT2D eigenvalue weighted by Crippen LogP contribution is -2.30. The van der Waals surface area contributed by atoms with Gasteiger partial charge in [0.05, 0.1) is 5.56 Å². The van der Waals surface area contributed by atoms with Gasteiger partial charge in [0.15, 0.2) is 0 Å². The molecule has 98 valence electrons. The van der Waals surface area contributed by atoms with Crippen LogP contribution in [0.3, 0.4) is 0 Å². The van der Waals surface area contributed by atoms with Gasteiger partial charge in [-0.2, -0.15) is 0 Å². The van der Waals surface area contributed by atoms with Crippen LogP contribution in [0.25, 0.3) is 0 Å². The first-order chi connectivity index (χ1) is 8.49. The Balaban J connectivity index is 2.27. The molecule has 3 nitrogen and oxygen atoms in total. The standard InChI is InChI=1S/C15H21NO2/c1-10(2)9-16(13-5-6-13)14-7-4-12(15(17)18)8-11(14)3/h4,7-8,10,13H,5-6,9H2,1-3H3,(H,17,18). The van der Waals surface area contributed by atoms with Crippen LogP contribution in [0.15, 0.2) is 18.2 Å². The molecule has 1 aromatic rings. The minimum Gasteiger partial charge on any atom is -0.478 e. The van der Waals surface area contributed by atoms with Crippen molar-refractivity contribution in [3.8, 4) is 0 Å². The third-order valence-electron chi connectivity index (χ3n) is 3.30. The molecule has 1 aliphatic rings. The maximum atomic E-state index is 10.9. The van der Waals surface area contributed by atoms with E-state index in [1.165, 1.54) is 18.5 Å². The zero-order chi connectivity index (χ0) is 13.3. The van der Waals surface area contributed by atoms with Gasteiger partial charge in [0.1, 0.15) is 0 Å². The molecular weight excluding hydrogens is 226 g/mol. The van der Waals surface area contributed by atoms with Gasteiger partial charge in [0.2, 0.25) is 0 Å². The number of hydrogen-bond donors (Lipinski definition) is 1. The van der Waals surface area contributed by atoms with Gasteiger partial charge in [-0.05, 0) is 49.4 Å². The van der Waals surface area contributed by atoms with Crippen LogP contribution in [-0.2, 0) is 0 Å². The number of hydrogen-bond acceptors (Lipinski definition) is 2. The number of anilines is 1. The molecule has 0 aliphatic heterocycles. The van der Waals surface area contributed by atoms with Crippen molar-refractivity contribution in [2.24, 2.45) is 5.92 Å². The summed E-state index contributed by atoms with van der Waals surface area (Å²) < 4.78 is 0. The summed E-state index contributed by atoms with van der Waals surface area (Å²) in [4.78, 5) is 13.4. The van der Waals surface area contributed by atoms with Crippen LogP contribution in [0, 0.1) is 12.8 Å². The van der Waals surface area contributed by atoms with Gasteiger partial charge in [-0.15, -0.1) is 0 Å². The average molecular weight is 247 g/mol. The van der Waals surface area contributed by atoms with Gasteiger partial charge in [-0.1, -0.05) is 13.8 Å². The van der Waals surface area contributed by atoms with E-state index in [0.29, 0.717) is 17.5 Å². The average Bonchev–Trinajstić information content (AvgIpc) is 3.09. The lowest BCUT2D eigenvalue weighted by molar-refractivity contribution is 0.0697. The second-order valence-electron chi connectivity index (χ2n) is 5.58. The van der Waals surface area contributed by atoms with Gasteiger partial charge in [-0.3, -0.25) is 0 Å². The predicted octanol–water partition coefficient (Wildman–Crippen LogP) is 3.32. The van der Waals surface area contributed by atoms with Crippen LogP contribution in [0.2, 0.25) is 0 Å². The minimum atomic E-state index is -0.855. The van der Waals surface area contributed by atoms with Crippen LogP contribution in [-0.4, -0.2) is 23.7 Å². The van der Waals surface area contributed by atoms with E-state index >= 15 is 0 Å². The zero-order valence-electron chi connectivity index (χ0n) is 11.3. The minimum absolute atomic E-state index is 0.372. The van der Waals surface area contributed by atoms with Gasteiger partial charge in [0, 0.05) is 18.3 Å². The largest absolute Gasteiger partial charge is 0.478 e. The molecule has 18 heavy (non-hydrogen) atoms. The quantitative estimate of drug-likeness (QED) is 0.867. The van der Waals surface area contributed by atoms with E-state index in [9.17, 15) is 4.79 Å². The summed E-state index contributed by atoms with van der Waals surface area (Å²) in [6.07, 6.45) is 2.51. The predicted molar refractivity (Wildman–Crippen MR) is 73.3 cm³/mol. The Labute approximate surface area is 108 Å². The Bertz CT molecular complexity index is 450. The van der Waals surface area contributed by atoms with Gasteiger partial charge in [0.25, 0.3) is 0 Å². The van der Waals surface area contributed by atoms with Crippen LogP contribution in [0.4, 0.5) is 5.69 Å². The highest BCUT2D eigenvalue weighted by Gasteiger charge is 2.30. The highest BCUT2D eigenvalue weighted by Crippen LogP contribution is 2.34. The molecule has 0 spiro atoms. The van der Waals surface area contributed by atoms with Crippen LogP contribution in [0.1, 0.15) is 42.6 Å². The molecule has 0 atom stereocenters. The number of benzene rings is 1. The maximum Gasteiger partial charge on any atom is 0.335 e. The molecule has 1 aromatic carbocycles. The van der Waals surface area contributed by atoms with Crippen molar-refractivity contribution in [2.75, 3.05) is 11.4 Å². The first-order valence-corrected chi connectivity index (χ1v) is 6.59. The van der Waals surface area contributed by atoms with Gasteiger partial charge < -0.3 is 10.0 Å². The molecule has 0 unspecified atom stereocenters. The number of rotatable bonds is 5. The van der Waals surface area contributed by atoms with E-state index < -0.39 is 5.97 Å². The molecule has 0 bridgehead atoms. The summed E-state index contributed by atoms with van der Waals surface area (Å²) in [5.74, 6) is -0.240. The zero-order valence-corrected chi connectivity index (χ0v) is 11.3. The smallest absolute Gasteiger partial charge is 0.335 e. The Morgan fingerprint density at radius 1 is 1.44 bits per heavy atom. The fourth-order valence-corrected chi connectivity index (χ4v) is 2.33. The Morgan fingerprint density at radius 3 is 2.56 bits per heavy atom. The van der Waals surface area contributed by atoms with Gasteiger partial charge >= 0.3 is 5.97 Å². The van der Waals surface area contributed by atoms with Crippen LogP contribution >= 0.6 is 0 Å². The number of carboxylic acids is 1. The Morgan fingerprint density at radius 2 is 2.11 bits per heavy atom. The van der Waals surface area contributed by atoms with E-state index in [1.807, 2.05) is 13.0 Å². The van der Waals surface area contributed by atoms with E-state index in [0.717, 1.165) is 12.1 Å². The molecule has 0 amide bonds. The van der Waals surface area contributed by atoms with Crippen molar-refractivity contribution in [1.82, 2.24) is 0 Å². The van der Waals surface area contributed by atoms with Crippen molar-refractivity contribution in [2.45, 2.75) is 39.7 Å². The van der Waals surface area contributed by atoms with Crippen molar-refractivity contribution < 1.29 is 9.90 Å². The summed E-state index contributed by atoms with van der Waals surface area (Å²) >= 11 is 0. The lowest BCUT2D eigenvalue weighted by Gasteiger charge is -2.28. The van der Waals surface area contributed by atoms with Crippen molar-refractivity contribution >= 4 is 11.7 Å². The first kappa shape index (κ1) is 12.9. The topological polar surface area (TPSA) is 40.5 Å². The fourth-order valence-electron chi connectivity index (χ4n) is 2.33. The molecule has 0 saturated heterocycles. The summed E-state index contributed by atoms with van der Waals surface area (Å²) in [7, 11) is 0. The second-order valence-corrected chi connectivity index (χ2v) is 5.58. The Kier molecular flexibility index (Phi) is 3.60. The first-order valence-electron chi connectivity index (χ1n) is 6.59. The van der Waals surface area contributed by atoms with Crippen LogP contribution < -0.4 is 4.90 Å². The molecule has 0 radical (unpaired) electrons. The molecule has 1 aliphatic carbocycles. The molecule has 0 heterocycles. The number of carbonyl (C=O) groups is 1. The third kappa shape index (κ3) is 2.84. The highest BCUT2D eigenvalue weighted by atomic mass is 16.4. The number of aromatic carboxylic acids is 1. The normalized spacial score (nSPS) is 14.9. The molecule has 2 rings (SSSR count). The summed E-state index contributed by atoms with van der Waals surface area (Å²) in [6.45, 7) is 7.47. The summed E-state index contributed by atoms with van der Waals surface area (Å²) in [6, 6.07) is 6.09. The summed E-state index contributed by atoms with van der Waals surface area (Å²) in [5.41, 5.74) is 2.62. The van der Waals surface area contributed by atoms with E-state index in [2.05, 4.69) is 18.7 Å². The summed E-state index contributed by atoms with van der Waals surface area (Å²) in [5, 5.41) is 8.99. The van der Waals surface area contributed by atoms with E-state index in [-0.39, 0.29) is 0 Å². The highest BCUT2D eigenvalue weighted by molar-refractivity contribution is 5.88. The van der Waals surface area contributed by atoms with Crippen LogP contribution in [0.5, 0.6) is 0 Å². The molecule has 1 N–H and O–H groups in total. The van der Waals surface area contributed by atoms with E-state index in [4.69, 9.17) is 5.11 Å². The monoisotopic (exact) mass is 247 g/mol. The Hall–Kier alpha value is -1.51. The van der Waals surface area contributed by atoms with Crippen molar-refractivity contribution in [1.29, 1.82) is 0 Å². The molecular formula is C15H21NO2. The van der Waals surface area contributed by atoms with Crippen molar-refractivity contribution in [3.63, 3.8) is 0 Å². The SMILES string of the molecule is Cc1cc(C(=O)O)ccc1N(CC(C)C)C1CC1. The third-order valence-corrected chi connectivity index (χ3v) is 3.30. The molecule has 0 aromatic heterocycles. The van der Waals surface area contributed by atoms with Gasteiger partial charge in [-0.25, -0.2) is 4.79 Å².